The Bertz CT molecular complexity index is 1570. The Morgan fingerprint density at radius 1 is 0.897 bits per heavy atom. The first-order valence-corrected chi connectivity index (χ1v) is 13.6. The molecule has 1 saturated heterocycles. The number of para-hydroxylation sites is 2. The van der Waals surface area contributed by atoms with E-state index >= 15 is 0 Å². The van der Waals surface area contributed by atoms with E-state index in [-0.39, 0.29) is 5.41 Å². The lowest BCUT2D eigenvalue weighted by Crippen LogP contribution is -2.41. The van der Waals surface area contributed by atoms with Crippen molar-refractivity contribution in [1.82, 2.24) is 19.4 Å². The molecular weight excluding hydrogens is 482 g/mol. The lowest BCUT2D eigenvalue weighted by Gasteiger charge is -2.41. The number of imidazole rings is 1. The molecule has 1 aliphatic rings. The zero-order valence-electron chi connectivity index (χ0n) is 22.3. The van der Waals surface area contributed by atoms with Crippen molar-refractivity contribution in [3.63, 3.8) is 0 Å². The van der Waals surface area contributed by atoms with E-state index in [1.54, 1.807) is 11.1 Å². The fraction of sp³-hybridized carbons (Fsp3) is 0.242. The van der Waals surface area contributed by atoms with Gasteiger partial charge in [-0.1, -0.05) is 73.7 Å². The maximum absolute atomic E-state index is 12.5. The Hall–Kier alpha value is -4.29. The third-order valence-corrected chi connectivity index (χ3v) is 8.10. The van der Waals surface area contributed by atoms with Gasteiger partial charge in [0.2, 0.25) is 6.41 Å². The van der Waals surface area contributed by atoms with Gasteiger partial charge in [-0.25, -0.2) is 4.98 Å². The van der Waals surface area contributed by atoms with E-state index in [0.29, 0.717) is 0 Å². The maximum atomic E-state index is 12.5. The van der Waals surface area contributed by atoms with E-state index in [9.17, 15) is 4.79 Å². The monoisotopic (exact) mass is 515 g/mol. The van der Waals surface area contributed by atoms with Gasteiger partial charge in [-0.05, 0) is 60.7 Å². The molecule has 1 aliphatic heterocycles. The van der Waals surface area contributed by atoms with Crippen LogP contribution in [0.3, 0.4) is 0 Å². The van der Waals surface area contributed by atoms with Crippen molar-refractivity contribution >= 4 is 28.7 Å². The van der Waals surface area contributed by atoms with E-state index < -0.39 is 0 Å². The number of amides is 1. The Kier molecular flexibility index (Phi) is 6.95. The van der Waals surface area contributed by atoms with E-state index in [4.69, 9.17) is 0 Å². The van der Waals surface area contributed by atoms with E-state index in [1.165, 1.54) is 11.1 Å². The molecule has 6 heteroatoms. The zero-order chi connectivity index (χ0) is 26.7. The van der Waals surface area contributed by atoms with Gasteiger partial charge in [-0.3, -0.25) is 19.6 Å². The molecule has 0 saturated carbocycles. The number of hydrogen-bond donors (Lipinski definition) is 0. The molecule has 2 aromatic heterocycles. The quantitative estimate of drug-likeness (QED) is 0.227. The third kappa shape index (κ3) is 5.20. The fourth-order valence-electron chi connectivity index (χ4n) is 5.73. The van der Waals surface area contributed by atoms with Crippen LogP contribution in [-0.4, -0.2) is 38.9 Å². The molecule has 0 spiro atoms. The zero-order valence-corrected chi connectivity index (χ0v) is 22.3. The van der Waals surface area contributed by atoms with Crippen LogP contribution >= 0.6 is 0 Å². The number of fused-ring (bicyclic) bond motifs is 1. The summed E-state index contributed by atoms with van der Waals surface area (Å²) >= 11 is 0. The fourth-order valence-corrected chi connectivity index (χ4v) is 5.73. The summed E-state index contributed by atoms with van der Waals surface area (Å²) in [6.07, 6.45) is 8.68. The smallest absolute Gasteiger partial charge is 0.218 e. The van der Waals surface area contributed by atoms with E-state index in [2.05, 4.69) is 75.0 Å². The van der Waals surface area contributed by atoms with Gasteiger partial charge in [0.15, 0.2) is 0 Å². The molecule has 6 nitrogen and oxygen atoms in total. The Balaban J connectivity index is 1.19. The minimum atomic E-state index is -0.0436. The number of carbonyl (C=O) groups excluding carboxylic acids is 1. The highest BCUT2D eigenvalue weighted by Gasteiger charge is 2.35. The number of aromatic nitrogens is 3. The van der Waals surface area contributed by atoms with Crippen LogP contribution in [0, 0.1) is 0 Å². The molecule has 196 valence electrons. The van der Waals surface area contributed by atoms with Gasteiger partial charge >= 0.3 is 0 Å². The van der Waals surface area contributed by atoms with Crippen LogP contribution in [0.5, 0.6) is 0 Å². The molecular formula is C33H33N5O. The van der Waals surface area contributed by atoms with E-state index in [0.717, 1.165) is 73.5 Å². The standard InChI is InChI=1S/C33H33N5O/c1-33(15-18-36(19-16-33)24-32-34-17-20-37(32)23-26-9-3-2-4-10-26)29-12-6-8-14-31(29)38(25-39)28-21-27-11-5-7-13-30(27)35-22-28/h2-14,17,20-22,25H,15-16,18-19,23-24H2,1H3. The largest absolute Gasteiger partial charge is 0.329 e. The van der Waals surface area contributed by atoms with Gasteiger partial charge in [0, 0.05) is 24.3 Å². The summed E-state index contributed by atoms with van der Waals surface area (Å²) in [7, 11) is 0. The number of benzene rings is 3. The minimum absolute atomic E-state index is 0.0436. The van der Waals surface area contributed by atoms with Gasteiger partial charge in [0.25, 0.3) is 0 Å². The van der Waals surface area contributed by atoms with Gasteiger partial charge in [-0.2, -0.15) is 0 Å². The number of rotatable bonds is 8. The SMILES string of the molecule is CC1(c2ccccc2N(C=O)c2cnc3ccccc3c2)CCN(Cc2nccn2Cc2ccccc2)CC1. The molecule has 39 heavy (non-hydrogen) atoms. The second-order valence-corrected chi connectivity index (χ2v) is 10.7. The topological polar surface area (TPSA) is 54.3 Å². The average molecular weight is 516 g/mol. The van der Waals surface area contributed by atoms with Crippen molar-refractivity contribution in [3.8, 4) is 0 Å². The first kappa shape index (κ1) is 25.0. The van der Waals surface area contributed by atoms with Crippen molar-refractivity contribution in [2.75, 3.05) is 18.0 Å². The number of pyridine rings is 1. The molecule has 3 heterocycles. The average Bonchev–Trinajstić information content (AvgIpc) is 3.41. The number of hydrogen-bond acceptors (Lipinski definition) is 4. The van der Waals surface area contributed by atoms with Gasteiger partial charge < -0.3 is 4.57 Å². The van der Waals surface area contributed by atoms with Gasteiger partial charge in [0.05, 0.1) is 29.6 Å². The first-order chi connectivity index (χ1) is 19.1. The molecule has 1 fully saturated rings. The Morgan fingerprint density at radius 3 is 2.46 bits per heavy atom. The van der Waals surface area contributed by atoms with Crippen molar-refractivity contribution in [1.29, 1.82) is 0 Å². The lowest BCUT2D eigenvalue weighted by atomic mass is 9.73. The Labute approximate surface area is 229 Å². The Morgan fingerprint density at radius 2 is 1.64 bits per heavy atom. The highest BCUT2D eigenvalue weighted by molar-refractivity contribution is 5.92. The van der Waals surface area contributed by atoms with Crippen molar-refractivity contribution in [2.45, 2.75) is 38.3 Å². The number of piperidine rings is 1. The second kappa shape index (κ2) is 10.8. The molecule has 0 unspecified atom stereocenters. The van der Waals surface area contributed by atoms with Crippen LogP contribution in [0.15, 0.2) is 104 Å². The molecule has 6 rings (SSSR count). The van der Waals surface area contributed by atoms with Crippen LogP contribution in [0.1, 0.15) is 36.7 Å². The highest BCUT2D eigenvalue weighted by Crippen LogP contribution is 2.42. The summed E-state index contributed by atoms with van der Waals surface area (Å²) < 4.78 is 2.25. The molecule has 0 radical (unpaired) electrons. The van der Waals surface area contributed by atoms with Gasteiger partial charge in [0.1, 0.15) is 5.82 Å². The number of carbonyl (C=O) groups is 1. The van der Waals surface area contributed by atoms with Crippen LogP contribution in [-0.2, 0) is 23.3 Å². The summed E-state index contributed by atoms with van der Waals surface area (Å²) in [5.74, 6) is 1.10. The highest BCUT2D eigenvalue weighted by atomic mass is 16.1. The van der Waals surface area contributed by atoms with Gasteiger partial charge in [-0.15, -0.1) is 0 Å². The normalized spacial score (nSPS) is 15.3. The summed E-state index contributed by atoms with van der Waals surface area (Å²) in [4.78, 5) is 26.0. The third-order valence-electron chi connectivity index (χ3n) is 8.10. The van der Waals surface area contributed by atoms with Crippen LogP contribution in [0.4, 0.5) is 11.4 Å². The van der Waals surface area contributed by atoms with Crippen molar-refractivity contribution in [2.24, 2.45) is 0 Å². The number of likely N-dealkylation sites (tertiary alicyclic amines) is 1. The minimum Gasteiger partial charge on any atom is -0.329 e. The molecule has 5 aromatic rings. The van der Waals surface area contributed by atoms with E-state index in [1.807, 2.05) is 48.7 Å². The maximum Gasteiger partial charge on any atom is 0.218 e. The second-order valence-electron chi connectivity index (χ2n) is 10.7. The molecule has 0 atom stereocenters. The number of anilines is 2. The predicted molar refractivity (Wildman–Crippen MR) is 156 cm³/mol. The molecule has 0 aliphatic carbocycles. The van der Waals surface area contributed by atoms with Crippen molar-refractivity contribution in [3.05, 3.63) is 120 Å². The van der Waals surface area contributed by atoms with Crippen LogP contribution in [0.2, 0.25) is 0 Å². The molecule has 0 N–H and O–H groups in total. The summed E-state index contributed by atoms with van der Waals surface area (Å²) in [6.45, 7) is 5.95. The number of nitrogens with zero attached hydrogens (tertiary/aromatic N) is 5. The first-order valence-electron chi connectivity index (χ1n) is 13.6. The van der Waals surface area contributed by atoms with Crippen LogP contribution < -0.4 is 4.90 Å². The summed E-state index contributed by atoms with van der Waals surface area (Å²) in [5.41, 5.74) is 5.07. The molecule has 1 amide bonds. The summed E-state index contributed by atoms with van der Waals surface area (Å²) in [6, 6.07) is 28.9. The predicted octanol–water partition coefficient (Wildman–Crippen LogP) is 6.33. The van der Waals surface area contributed by atoms with Crippen LogP contribution in [0.25, 0.3) is 10.9 Å². The molecule has 3 aromatic carbocycles. The lowest BCUT2D eigenvalue weighted by molar-refractivity contribution is -0.106. The summed E-state index contributed by atoms with van der Waals surface area (Å²) in [5, 5.41) is 1.02. The molecule has 0 bridgehead atoms. The van der Waals surface area contributed by atoms with Crippen molar-refractivity contribution < 1.29 is 4.79 Å².